The molecule has 1 saturated heterocycles. The molecule has 0 N–H and O–H groups in total. The Morgan fingerprint density at radius 3 is 2.86 bits per heavy atom. The summed E-state index contributed by atoms with van der Waals surface area (Å²) in [5, 5.41) is 11.9. The second kappa shape index (κ2) is 6.04. The Morgan fingerprint density at radius 2 is 2.14 bits per heavy atom. The number of aromatic nitrogens is 4. The minimum absolute atomic E-state index is 0.103. The Balaban J connectivity index is 1.77. The van der Waals surface area contributed by atoms with E-state index < -0.39 is 0 Å². The molecular formula is C14H16FN5OS. The third-order valence-corrected chi connectivity index (χ3v) is 4.70. The zero-order valence-electron chi connectivity index (χ0n) is 12.3. The number of carbonyl (C=O) groups is 1. The van der Waals surface area contributed by atoms with Crippen LogP contribution in [0.3, 0.4) is 0 Å². The van der Waals surface area contributed by atoms with Crippen molar-refractivity contribution in [3.05, 3.63) is 30.1 Å². The lowest BCUT2D eigenvalue weighted by atomic mass is 10.3. The first-order chi connectivity index (χ1) is 10.6. The highest BCUT2D eigenvalue weighted by molar-refractivity contribution is 8.00. The van der Waals surface area contributed by atoms with Crippen molar-refractivity contribution >= 4 is 23.4 Å². The Bertz CT molecular complexity index is 689. The molecule has 8 heteroatoms. The molecule has 1 atom stereocenters. The van der Waals surface area contributed by atoms with Gasteiger partial charge in [0.25, 0.3) is 0 Å². The molecule has 116 valence electrons. The first kappa shape index (κ1) is 15.0. The zero-order chi connectivity index (χ0) is 15.7. The first-order valence-corrected chi connectivity index (χ1v) is 7.96. The summed E-state index contributed by atoms with van der Waals surface area (Å²) in [6.07, 6.45) is 0.642. The van der Waals surface area contributed by atoms with Gasteiger partial charge >= 0.3 is 0 Å². The average molecular weight is 321 g/mol. The van der Waals surface area contributed by atoms with E-state index in [1.807, 2.05) is 13.8 Å². The molecule has 1 aliphatic rings. The maximum Gasteiger partial charge on any atom is 0.240 e. The molecule has 0 bridgehead atoms. The predicted octanol–water partition coefficient (Wildman–Crippen LogP) is 2.29. The van der Waals surface area contributed by atoms with Gasteiger partial charge in [0.05, 0.1) is 17.0 Å². The van der Waals surface area contributed by atoms with Gasteiger partial charge in [0, 0.05) is 6.54 Å². The van der Waals surface area contributed by atoms with E-state index >= 15 is 0 Å². The second-order valence-electron chi connectivity index (χ2n) is 5.34. The SMILES string of the molecule is CC(C)n1nnnc1S[C@H]1CCN(c2ccccc2F)C1=O. The number of amides is 1. The Morgan fingerprint density at radius 1 is 1.36 bits per heavy atom. The number of hydrogen-bond acceptors (Lipinski definition) is 5. The fourth-order valence-corrected chi connectivity index (χ4v) is 3.53. The predicted molar refractivity (Wildman–Crippen MR) is 81.2 cm³/mol. The van der Waals surface area contributed by atoms with Gasteiger partial charge in [0.15, 0.2) is 0 Å². The van der Waals surface area contributed by atoms with Crippen molar-refractivity contribution in [2.24, 2.45) is 0 Å². The van der Waals surface area contributed by atoms with Crippen molar-refractivity contribution in [2.75, 3.05) is 11.4 Å². The van der Waals surface area contributed by atoms with Crippen LogP contribution < -0.4 is 4.90 Å². The maximum atomic E-state index is 13.9. The minimum Gasteiger partial charge on any atom is -0.309 e. The molecule has 0 saturated carbocycles. The smallest absolute Gasteiger partial charge is 0.240 e. The number of benzene rings is 1. The summed E-state index contributed by atoms with van der Waals surface area (Å²) in [6, 6.07) is 6.45. The van der Waals surface area contributed by atoms with Gasteiger partial charge in [-0.05, 0) is 42.8 Å². The molecule has 0 spiro atoms. The fraction of sp³-hybridized carbons (Fsp3) is 0.429. The second-order valence-corrected chi connectivity index (χ2v) is 6.51. The van der Waals surface area contributed by atoms with Gasteiger partial charge in [-0.3, -0.25) is 4.79 Å². The molecule has 1 aromatic heterocycles. The molecular weight excluding hydrogens is 305 g/mol. The third kappa shape index (κ3) is 2.70. The van der Waals surface area contributed by atoms with Gasteiger partial charge in [-0.2, -0.15) is 0 Å². The van der Waals surface area contributed by atoms with Crippen LogP contribution in [0.5, 0.6) is 0 Å². The van der Waals surface area contributed by atoms with Crippen LogP contribution in [-0.4, -0.2) is 37.9 Å². The molecule has 0 radical (unpaired) electrons. The molecule has 1 fully saturated rings. The Labute approximate surface area is 131 Å². The number of rotatable bonds is 4. The molecule has 1 aromatic carbocycles. The number of halogens is 1. The van der Waals surface area contributed by atoms with E-state index in [9.17, 15) is 9.18 Å². The summed E-state index contributed by atoms with van der Waals surface area (Å²) < 4.78 is 15.5. The van der Waals surface area contributed by atoms with Crippen molar-refractivity contribution in [1.82, 2.24) is 20.2 Å². The van der Waals surface area contributed by atoms with E-state index in [1.54, 1.807) is 22.9 Å². The van der Waals surface area contributed by atoms with Crippen LogP contribution in [0.1, 0.15) is 26.3 Å². The maximum absolute atomic E-state index is 13.9. The van der Waals surface area contributed by atoms with Crippen LogP contribution in [0.15, 0.2) is 29.4 Å². The van der Waals surface area contributed by atoms with Gasteiger partial charge in [0.2, 0.25) is 11.1 Å². The van der Waals surface area contributed by atoms with Gasteiger partial charge in [0.1, 0.15) is 5.82 Å². The molecule has 1 amide bonds. The number of carbonyl (C=O) groups excluding carboxylic acids is 1. The van der Waals surface area contributed by atoms with E-state index in [-0.39, 0.29) is 23.0 Å². The zero-order valence-corrected chi connectivity index (χ0v) is 13.1. The number of hydrogen-bond donors (Lipinski definition) is 0. The van der Waals surface area contributed by atoms with Crippen LogP contribution in [0, 0.1) is 5.82 Å². The molecule has 22 heavy (non-hydrogen) atoms. The lowest BCUT2D eigenvalue weighted by molar-refractivity contribution is -0.116. The van der Waals surface area contributed by atoms with Crippen LogP contribution in [0.25, 0.3) is 0 Å². The largest absolute Gasteiger partial charge is 0.309 e. The number of thioether (sulfide) groups is 1. The number of para-hydroxylation sites is 1. The van der Waals surface area contributed by atoms with Crippen molar-refractivity contribution in [3.63, 3.8) is 0 Å². The van der Waals surface area contributed by atoms with Crippen molar-refractivity contribution in [1.29, 1.82) is 0 Å². The van der Waals surface area contributed by atoms with E-state index in [2.05, 4.69) is 15.5 Å². The topological polar surface area (TPSA) is 63.9 Å². The van der Waals surface area contributed by atoms with E-state index in [1.165, 1.54) is 22.7 Å². The van der Waals surface area contributed by atoms with E-state index in [0.29, 0.717) is 23.8 Å². The van der Waals surface area contributed by atoms with Gasteiger partial charge < -0.3 is 4.90 Å². The summed E-state index contributed by atoms with van der Waals surface area (Å²) in [5.74, 6) is -0.484. The highest BCUT2D eigenvalue weighted by atomic mass is 32.2. The Kier molecular flexibility index (Phi) is 4.10. The normalized spacial score (nSPS) is 18.5. The third-order valence-electron chi connectivity index (χ3n) is 3.50. The van der Waals surface area contributed by atoms with Crippen molar-refractivity contribution < 1.29 is 9.18 Å². The summed E-state index contributed by atoms with van der Waals surface area (Å²) in [5.41, 5.74) is 0.332. The molecule has 1 aliphatic heterocycles. The summed E-state index contributed by atoms with van der Waals surface area (Å²) >= 11 is 1.34. The Hall–Kier alpha value is -1.96. The van der Waals surface area contributed by atoms with Crippen LogP contribution in [0.2, 0.25) is 0 Å². The summed E-state index contributed by atoms with van der Waals surface area (Å²) in [4.78, 5) is 14.0. The lowest BCUT2D eigenvalue weighted by Gasteiger charge is -2.17. The first-order valence-electron chi connectivity index (χ1n) is 7.08. The fourth-order valence-electron chi connectivity index (χ4n) is 2.39. The molecule has 0 aliphatic carbocycles. The number of tetrazole rings is 1. The summed E-state index contributed by atoms with van der Waals surface area (Å²) in [7, 11) is 0. The van der Waals surface area contributed by atoms with Gasteiger partial charge in [-0.1, -0.05) is 23.9 Å². The van der Waals surface area contributed by atoms with Crippen LogP contribution >= 0.6 is 11.8 Å². The van der Waals surface area contributed by atoms with Gasteiger partial charge in [-0.25, -0.2) is 9.07 Å². The molecule has 2 heterocycles. The standard InChI is InChI=1S/C14H16FN5OS/c1-9(2)20-14(16-17-18-20)22-12-7-8-19(13(12)21)11-6-4-3-5-10(11)15/h3-6,9,12H,7-8H2,1-2H3/t12-/m0/s1. The highest BCUT2D eigenvalue weighted by Crippen LogP contribution is 2.33. The highest BCUT2D eigenvalue weighted by Gasteiger charge is 2.35. The quantitative estimate of drug-likeness (QED) is 0.864. The van der Waals surface area contributed by atoms with Crippen molar-refractivity contribution in [2.45, 2.75) is 36.7 Å². The molecule has 3 rings (SSSR count). The van der Waals surface area contributed by atoms with E-state index in [4.69, 9.17) is 0 Å². The molecule has 2 aromatic rings. The van der Waals surface area contributed by atoms with Crippen LogP contribution in [0.4, 0.5) is 10.1 Å². The average Bonchev–Trinajstić information content (AvgIpc) is 3.08. The molecule has 6 nitrogen and oxygen atoms in total. The van der Waals surface area contributed by atoms with Crippen LogP contribution in [-0.2, 0) is 4.79 Å². The lowest BCUT2D eigenvalue weighted by Crippen LogP contribution is -2.29. The van der Waals surface area contributed by atoms with E-state index in [0.717, 1.165) is 0 Å². The number of nitrogens with zero attached hydrogens (tertiary/aromatic N) is 5. The molecule has 0 unspecified atom stereocenters. The number of anilines is 1. The summed E-state index contributed by atoms with van der Waals surface area (Å²) in [6.45, 7) is 4.45. The van der Waals surface area contributed by atoms with Crippen molar-refractivity contribution in [3.8, 4) is 0 Å². The monoisotopic (exact) mass is 321 g/mol. The minimum atomic E-state index is -0.381. The van der Waals surface area contributed by atoms with Gasteiger partial charge in [-0.15, -0.1) is 5.10 Å².